The number of carbonyl (C=O) groups is 1. The summed E-state index contributed by atoms with van der Waals surface area (Å²) in [7, 11) is 1.89. The number of nitrogens with one attached hydrogen (secondary N) is 1. The van der Waals surface area contributed by atoms with Crippen molar-refractivity contribution in [3.8, 4) is 11.3 Å². The van der Waals surface area contributed by atoms with E-state index in [0.717, 1.165) is 11.3 Å². The van der Waals surface area contributed by atoms with Crippen LogP contribution in [0.1, 0.15) is 27.7 Å². The molecule has 1 heterocycles. The van der Waals surface area contributed by atoms with Crippen LogP contribution in [0.15, 0.2) is 36.4 Å². The van der Waals surface area contributed by atoms with Gasteiger partial charge in [0.05, 0.1) is 5.69 Å². The van der Waals surface area contributed by atoms with Gasteiger partial charge >= 0.3 is 6.09 Å². The molecule has 0 aliphatic carbocycles. The van der Waals surface area contributed by atoms with Crippen molar-refractivity contribution in [2.24, 2.45) is 0 Å². The Morgan fingerprint density at radius 1 is 1.27 bits per heavy atom. The highest BCUT2D eigenvalue weighted by molar-refractivity contribution is 5.68. The van der Waals surface area contributed by atoms with E-state index in [-0.39, 0.29) is 12.0 Å². The van der Waals surface area contributed by atoms with Crippen LogP contribution >= 0.6 is 0 Å². The molecule has 1 unspecified atom stereocenters. The molecule has 2 aromatic rings. The molecule has 0 fully saturated rings. The molecule has 7 heteroatoms. The fourth-order valence-electron chi connectivity index (χ4n) is 2.46. The zero-order valence-corrected chi connectivity index (χ0v) is 16.0. The topological polar surface area (TPSA) is 93.4 Å². The number of nitrogens with zero attached hydrogens (tertiary/aromatic N) is 3. The van der Waals surface area contributed by atoms with Crippen LogP contribution in [-0.4, -0.2) is 41.3 Å². The summed E-state index contributed by atoms with van der Waals surface area (Å²) in [5.41, 5.74) is 7.08. The molecule has 1 aromatic heterocycles. The summed E-state index contributed by atoms with van der Waals surface area (Å²) in [5.74, 6) is 0.898. The average Bonchev–Trinajstić information content (AvgIpc) is 2.53. The number of aromatic nitrogens is 2. The van der Waals surface area contributed by atoms with Crippen LogP contribution in [0.4, 0.5) is 16.6 Å². The highest BCUT2D eigenvalue weighted by Gasteiger charge is 2.19. The fraction of sp³-hybridized carbons (Fsp3) is 0.421. The smallest absolute Gasteiger partial charge is 0.407 e. The summed E-state index contributed by atoms with van der Waals surface area (Å²) in [6.45, 7) is 7.95. The van der Waals surface area contributed by atoms with Gasteiger partial charge in [-0.3, -0.25) is 0 Å². The molecular weight excluding hydrogens is 330 g/mol. The van der Waals surface area contributed by atoms with Crippen LogP contribution in [0.25, 0.3) is 11.3 Å². The van der Waals surface area contributed by atoms with Crippen LogP contribution in [0.3, 0.4) is 0 Å². The molecule has 0 saturated heterocycles. The fourth-order valence-corrected chi connectivity index (χ4v) is 2.46. The standard InChI is InChI=1S/C19H27N5O2/c1-13(21-18(25)26-19(2,3)4)12-24(5)16-11-15(22-17(20)23-16)14-9-7-6-8-10-14/h6-11,13H,12H2,1-5H3,(H,21,25)(H2,20,22,23). The van der Waals surface area contributed by atoms with E-state index >= 15 is 0 Å². The number of carbonyl (C=O) groups excluding carboxylic acids is 1. The third-order valence-electron chi connectivity index (χ3n) is 3.50. The molecule has 0 aliphatic rings. The lowest BCUT2D eigenvalue weighted by molar-refractivity contribution is 0.0510. The Kier molecular flexibility index (Phi) is 6.02. The van der Waals surface area contributed by atoms with Gasteiger partial charge in [0.25, 0.3) is 0 Å². The number of rotatable bonds is 5. The van der Waals surface area contributed by atoms with Gasteiger partial charge in [-0.1, -0.05) is 30.3 Å². The first-order valence-corrected chi connectivity index (χ1v) is 8.54. The minimum Gasteiger partial charge on any atom is -0.444 e. The van der Waals surface area contributed by atoms with Crippen molar-refractivity contribution < 1.29 is 9.53 Å². The molecule has 0 bridgehead atoms. The molecule has 7 nitrogen and oxygen atoms in total. The average molecular weight is 357 g/mol. The second kappa shape index (κ2) is 8.03. The molecule has 0 spiro atoms. The van der Waals surface area contributed by atoms with Gasteiger partial charge < -0.3 is 20.7 Å². The van der Waals surface area contributed by atoms with Gasteiger partial charge in [-0.05, 0) is 27.7 Å². The first-order valence-electron chi connectivity index (χ1n) is 8.54. The van der Waals surface area contributed by atoms with E-state index in [1.54, 1.807) is 0 Å². The summed E-state index contributed by atoms with van der Waals surface area (Å²) in [4.78, 5) is 22.4. The number of ether oxygens (including phenoxy) is 1. The highest BCUT2D eigenvalue weighted by Crippen LogP contribution is 2.22. The molecule has 1 amide bonds. The van der Waals surface area contributed by atoms with Gasteiger partial charge in [-0.15, -0.1) is 0 Å². The summed E-state index contributed by atoms with van der Waals surface area (Å²) in [6, 6.07) is 11.5. The number of hydrogen-bond acceptors (Lipinski definition) is 6. The number of nitrogen functional groups attached to an aromatic ring is 1. The van der Waals surface area contributed by atoms with Gasteiger partial charge in [-0.25, -0.2) is 9.78 Å². The largest absolute Gasteiger partial charge is 0.444 e. The number of nitrogens with two attached hydrogens (primary N) is 1. The van der Waals surface area contributed by atoms with Crippen molar-refractivity contribution >= 4 is 17.9 Å². The quantitative estimate of drug-likeness (QED) is 0.854. The van der Waals surface area contributed by atoms with Crippen molar-refractivity contribution in [2.45, 2.75) is 39.3 Å². The van der Waals surface area contributed by atoms with E-state index in [9.17, 15) is 4.79 Å². The summed E-state index contributed by atoms with van der Waals surface area (Å²) in [5, 5.41) is 2.82. The Bertz CT molecular complexity index is 743. The molecule has 1 atom stereocenters. The van der Waals surface area contributed by atoms with Crippen molar-refractivity contribution in [1.29, 1.82) is 0 Å². The zero-order valence-electron chi connectivity index (χ0n) is 16.0. The maximum atomic E-state index is 11.9. The Morgan fingerprint density at radius 3 is 2.54 bits per heavy atom. The maximum Gasteiger partial charge on any atom is 0.407 e. The number of hydrogen-bond donors (Lipinski definition) is 2. The first-order chi connectivity index (χ1) is 12.1. The van der Waals surface area contributed by atoms with Crippen LogP contribution < -0.4 is 16.0 Å². The lowest BCUT2D eigenvalue weighted by atomic mass is 10.1. The van der Waals surface area contributed by atoms with E-state index in [1.807, 2.05) is 76.0 Å². The molecule has 26 heavy (non-hydrogen) atoms. The molecule has 0 radical (unpaired) electrons. The van der Waals surface area contributed by atoms with E-state index in [1.165, 1.54) is 0 Å². The van der Waals surface area contributed by atoms with Gasteiger partial charge in [0.1, 0.15) is 11.4 Å². The minimum atomic E-state index is -0.526. The van der Waals surface area contributed by atoms with Crippen LogP contribution in [0.2, 0.25) is 0 Å². The van der Waals surface area contributed by atoms with Gasteiger partial charge in [0, 0.05) is 31.3 Å². The van der Waals surface area contributed by atoms with E-state index in [4.69, 9.17) is 10.5 Å². The van der Waals surface area contributed by atoms with Crippen molar-refractivity contribution in [2.75, 3.05) is 24.2 Å². The molecule has 0 aliphatic heterocycles. The van der Waals surface area contributed by atoms with Crippen LogP contribution in [-0.2, 0) is 4.74 Å². The predicted octanol–water partition coefficient (Wildman–Crippen LogP) is 3.08. The summed E-state index contributed by atoms with van der Waals surface area (Å²) >= 11 is 0. The lowest BCUT2D eigenvalue weighted by Gasteiger charge is -2.25. The van der Waals surface area contributed by atoms with E-state index in [0.29, 0.717) is 12.4 Å². The van der Waals surface area contributed by atoms with Crippen molar-refractivity contribution in [3.63, 3.8) is 0 Å². The number of likely N-dealkylation sites (N-methyl/N-ethyl adjacent to an activating group) is 1. The Morgan fingerprint density at radius 2 is 1.92 bits per heavy atom. The minimum absolute atomic E-state index is 0.133. The second-order valence-corrected chi connectivity index (χ2v) is 7.26. The third kappa shape index (κ3) is 5.91. The number of amides is 1. The molecule has 2 rings (SSSR count). The van der Waals surface area contributed by atoms with Gasteiger partial charge in [0.2, 0.25) is 5.95 Å². The molecule has 3 N–H and O–H groups in total. The Labute approximate surface area is 154 Å². The highest BCUT2D eigenvalue weighted by atomic mass is 16.6. The van der Waals surface area contributed by atoms with E-state index in [2.05, 4.69) is 15.3 Å². The summed E-state index contributed by atoms with van der Waals surface area (Å²) < 4.78 is 5.28. The van der Waals surface area contributed by atoms with Crippen LogP contribution in [0, 0.1) is 0 Å². The summed E-state index contributed by atoms with van der Waals surface area (Å²) in [6.07, 6.45) is -0.439. The zero-order chi connectivity index (χ0) is 19.3. The van der Waals surface area contributed by atoms with Gasteiger partial charge in [0.15, 0.2) is 0 Å². The maximum absolute atomic E-state index is 11.9. The number of benzene rings is 1. The molecule has 1 aromatic carbocycles. The number of anilines is 2. The van der Waals surface area contributed by atoms with Crippen molar-refractivity contribution in [1.82, 2.24) is 15.3 Å². The number of alkyl carbamates (subject to hydrolysis) is 1. The molecular formula is C19H27N5O2. The monoisotopic (exact) mass is 357 g/mol. The Balaban J connectivity index is 2.06. The molecule has 140 valence electrons. The van der Waals surface area contributed by atoms with Gasteiger partial charge in [-0.2, -0.15) is 4.98 Å². The SMILES string of the molecule is CC(CN(C)c1cc(-c2ccccc2)nc(N)n1)NC(=O)OC(C)(C)C. The molecule has 0 saturated carbocycles. The normalized spacial score (nSPS) is 12.3. The Hall–Kier alpha value is -2.83. The predicted molar refractivity (Wildman–Crippen MR) is 104 cm³/mol. The van der Waals surface area contributed by atoms with Crippen LogP contribution in [0.5, 0.6) is 0 Å². The second-order valence-electron chi connectivity index (χ2n) is 7.26. The lowest BCUT2D eigenvalue weighted by Crippen LogP contribution is -2.43. The first kappa shape index (κ1) is 19.5. The van der Waals surface area contributed by atoms with Crippen molar-refractivity contribution in [3.05, 3.63) is 36.4 Å². The third-order valence-corrected chi connectivity index (χ3v) is 3.50. The van der Waals surface area contributed by atoms with E-state index < -0.39 is 11.7 Å².